The summed E-state index contributed by atoms with van der Waals surface area (Å²) in [5.41, 5.74) is 4.59. The maximum atomic E-state index is 11.9. The number of anilines is 1. The minimum absolute atomic E-state index is 0.148. The second-order valence-electron chi connectivity index (χ2n) is 8.15. The Morgan fingerprint density at radius 3 is 2.36 bits per heavy atom. The van der Waals surface area contributed by atoms with Crippen molar-refractivity contribution in [3.8, 4) is 16.9 Å². The number of sulfonamides is 1. The van der Waals surface area contributed by atoms with Crippen LogP contribution in [0.15, 0.2) is 84.9 Å². The SMILES string of the molecule is COc1ccc(-c2cc(CNC(C)c3cccc4ccccc34)ccc2NS(C)(=O)=O)cc1. The minimum Gasteiger partial charge on any atom is -0.497 e. The lowest BCUT2D eigenvalue weighted by Crippen LogP contribution is -2.18. The maximum Gasteiger partial charge on any atom is 0.229 e. The summed E-state index contributed by atoms with van der Waals surface area (Å²) in [5, 5.41) is 6.08. The molecular formula is C27H28N2O3S. The third-order valence-electron chi connectivity index (χ3n) is 5.68. The van der Waals surface area contributed by atoms with Crippen molar-refractivity contribution in [2.45, 2.75) is 19.5 Å². The molecule has 0 radical (unpaired) electrons. The molecule has 0 saturated heterocycles. The summed E-state index contributed by atoms with van der Waals surface area (Å²) in [6, 6.07) is 28.3. The Morgan fingerprint density at radius 2 is 1.64 bits per heavy atom. The van der Waals surface area contributed by atoms with Gasteiger partial charge in [-0.15, -0.1) is 0 Å². The van der Waals surface area contributed by atoms with Crippen LogP contribution < -0.4 is 14.8 Å². The topological polar surface area (TPSA) is 67.4 Å². The first-order valence-electron chi connectivity index (χ1n) is 10.8. The molecule has 33 heavy (non-hydrogen) atoms. The number of rotatable bonds is 8. The average Bonchev–Trinajstić information content (AvgIpc) is 2.82. The molecule has 0 aromatic heterocycles. The van der Waals surface area contributed by atoms with Gasteiger partial charge < -0.3 is 10.1 Å². The molecule has 0 bridgehead atoms. The number of fused-ring (bicyclic) bond motifs is 1. The number of hydrogen-bond acceptors (Lipinski definition) is 4. The molecule has 0 aliphatic carbocycles. The molecule has 170 valence electrons. The lowest BCUT2D eigenvalue weighted by atomic mass is 9.98. The van der Waals surface area contributed by atoms with E-state index in [4.69, 9.17) is 4.74 Å². The summed E-state index contributed by atoms with van der Waals surface area (Å²) >= 11 is 0. The summed E-state index contributed by atoms with van der Waals surface area (Å²) in [6.45, 7) is 2.80. The van der Waals surface area contributed by atoms with Crippen molar-refractivity contribution in [3.63, 3.8) is 0 Å². The molecule has 0 aliphatic rings. The summed E-state index contributed by atoms with van der Waals surface area (Å²) < 4.78 is 31.7. The fourth-order valence-corrected chi connectivity index (χ4v) is 4.59. The van der Waals surface area contributed by atoms with E-state index in [1.807, 2.05) is 42.5 Å². The molecular weight excluding hydrogens is 432 g/mol. The highest BCUT2D eigenvalue weighted by molar-refractivity contribution is 7.92. The van der Waals surface area contributed by atoms with Crippen LogP contribution in [0.5, 0.6) is 5.75 Å². The summed E-state index contributed by atoms with van der Waals surface area (Å²) in [7, 11) is -1.79. The number of benzene rings is 4. The Bertz CT molecular complexity index is 1360. The molecule has 0 heterocycles. The largest absolute Gasteiger partial charge is 0.497 e. The van der Waals surface area contributed by atoms with Gasteiger partial charge in [0.2, 0.25) is 10.0 Å². The van der Waals surface area contributed by atoms with Gasteiger partial charge in [-0.3, -0.25) is 4.72 Å². The van der Waals surface area contributed by atoms with Crippen molar-refractivity contribution in [3.05, 3.63) is 96.1 Å². The van der Waals surface area contributed by atoms with Gasteiger partial charge in [-0.25, -0.2) is 8.42 Å². The van der Waals surface area contributed by atoms with Crippen LogP contribution in [0.25, 0.3) is 21.9 Å². The van der Waals surface area contributed by atoms with Crippen LogP contribution in [0, 0.1) is 0 Å². The van der Waals surface area contributed by atoms with E-state index in [0.29, 0.717) is 12.2 Å². The second-order valence-corrected chi connectivity index (χ2v) is 9.90. The van der Waals surface area contributed by atoms with E-state index in [2.05, 4.69) is 59.4 Å². The monoisotopic (exact) mass is 460 g/mol. The van der Waals surface area contributed by atoms with Crippen LogP contribution in [0.2, 0.25) is 0 Å². The first kappa shape index (κ1) is 22.8. The Hall–Kier alpha value is -3.35. The summed E-state index contributed by atoms with van der Waals surface area (Å²) in [6.07, 6.45) is 1.16. The maximum absolute atomic E-state index is 11.9. The molecule has 4 aromatic carbocycles. The molecule has 1 unspecified atom stereocenters. The summed E-state index contributed by atoms with van der Waals surface area (Å²) in [5.74, 6) is 0.748. The number of nitrogens with one attached hydrogen (secondary N) is 2. The summed E-state index contributed by atoms with van der Waals surface area (Å²) in [4.78, 5) is 0. The van der Waals surface area contributed by atoms with E-state index in [-0.39, 0.29) is 6.04 Å². The molecule has 2 N–H and O–H groups in total. The van der Waals surface area contributed by atoms with Crippen LogP contribution in [0.1, 0.15) is 24.1 Å². The molecule has 4 rings (SSSR count). The van der Waals surface area contributed by atoms with Gasteiger partial charge in [-0.2, -0.15) is 0 Å². The zero-order chi connectivity index (χ0) is 23.4. The van der Waals surface area contributed by atoms with Crippen LogP contribution in [0.4, 0.5) is 5.69 Å². The van der Waals surface area contributed by atoms with Gasteiger partial charge in [0.1, 0.15) is 5.75 Å². The highest BCUT2D eigenvalue weighted by Gasteiger charge is 2.13. The van der Waals surface area contributed by atoms with E-state index in [1.54, 1.807) is 7.11 Å². The van der Waals surface area contributed by atoms with Gasteiger partial charge in [-0.1, -0.05) is 60.7 Å². The first-order chi connectivity index (χ1) is 15.8. The van der Waals surface area contributed by atoms with Crippen molar-refractivity contribution in [1.29, 1.82) is 0 Å². The first-order valence-corrected chi connectivity index (χ1v) is 12.7. The quantitative estimate of drug-likeness (QED) is 0.352. The molecule has 0 amide bonds. The second kappa shape index (κ2) is 9.65. The molecule has 5 nitrogen and oxygen atoms in total. The van der Waals surface area contributed by atoms with Crippen molar-refractivity contribution in [2.75, 3.05) is 18.1 Å². The Morgan fingerprint density at radius 1 is 0.909 bits per heavy atom. The van der Waals surface area contributed by atoms with Crippen LogP contribution >= 0.6 is 0 Å². The number of methoxy groups -OCH3 is 1. The fourth-order valence-electron chi connectivity index (χ4n) is 4.01. The molecule has 4 aromatic rings. The highest BCUT2D eigenvalue weighted by Crippen LogP contribution is 2.31. The zero-order valence-electron chi connectivity index (χ0n) is 19.0. The predicted octanol–water partition coefficient (Wildman–Crippen LogP) is 5.74. The minimum atomic E-state index is -3.41. The molecule has 1 atom stereocenters. The van der Waals surface area contributed by atoms with E-state index in [9.17, 15) is 8.42 Å². The fraction of sp³-hybridized carbons (Fsp3) is 0.185. The number of ether oxygens (including phenoxy) is 1. The van der Waals surface area contributed by atoms with E-state index in [0.717, 1.165) is 28.7 Å². The zero-order valence-corrected chi connectivity index (χ0v) is 19.8. The molecule has 0 spiro atoms. The third kappa shape index (κ3) is 5.53. The Balaban J connectivity index is 1.61. The lowest BCUT2D eigenvalue weighted by molar-refractivity contribution is 0.415. The molecule has 0 fully saturated rings. The Kier molecular flexibility index (Phi) is 6.67. The van der Waals surface area contributed by atoms with Gasteiger partial charge in [0.15, 0.2) is 0 Å². The van der Waals surface area contributed by atoms with Gasteiger partial charge in [0, 0.05) is 18.2 Å². The van der Waals surface area contributed by atoms with Crippen molar-refractivity contribution >= 4 is 26.5 Å². The van der Waals surface area contributed by atoms with Gasteiger partial charge in [0.25, 0.3) is 0 Å². The standard InChI is InChI=1S/C27H28N2O3S/c1-19(24-10-6-8-21-7-4-5-9-25(21)24)28-18-20-11-16-27(29-33(3,30)31)26(17-20)22-12-14-23(32-2)15-13-22/h4-17,19,28-29H,18H2,1-3H3. The third-order valence-corrected chi connectivity index (χ3v) is 6.27. The van der Waals surface area contributed by atoms with Crippen LogP contribution in [-0.4, -0.2) is 21.8 Å². The van der Waals surface area contributed by atoms with Gasteiger partial charge in [0.05, 0.1) is 19.1 Å². The molecule has 6 heteroatoms. The van der Waals surface area contributed by atoms with E-state index < -0.39 is 10.0 Å². The van der Waals surface area contributed by atoms with E-state index in [1.165, 1.54) is 16.3 Å². The average molecular weight is 461 g/mol. The molecule has 0 saturated carbocycles. The highest BCUT2D eigenvalue weighted by atomic mass is 32.2. The smallest absolute Gasteiger partial charge is 0.229 e. The normalized spacial score (nSPS) is 12.5. The van der Waals surface area contributed by atoms with Gasteiger partial charge in [-0.05, 0) is 58.7 Å². The van der Waals surface area contributed by atoms with Crippen molar-refractivity contribution in [1.82, 2.24) is 5.32 Å². The van der Waals surface area contributed by atoms with Crippen LogP contribution in [0.3, 0.4) is 0 Å². The molecule has 0 aliphatic heterocycles. The van der Waals surface area contributed by atoms with Crippen LogP contribution in [-0.2, 0) is 16.6 Å². The van der Waals surface area contributed by atoms with Gasteiger partial charge >= 0.3 is 0 Å². The lowest BCUT2D eigenvalue weighted by Gasteiger charge is -2.18. The van der Waals surface area contributed by atoms with Crippen molar-refractivity contribution < 1.29 is 13.2 Å². The van der Waals surface area contributed by atoms with Crippen molar-refractivity contribution in [2.24, 2.45) is 0 Å². The Labute approximate surface area is 195 Å². The van der Waals surface area contributed by atoms with E-state index >= 15 is 0 Å². The number of hydrogen-bond donors (Lipinski definition) is 2. The predicted molar refractivity (Wildman–Crippen MR) is 136 cm³/mol.